The van der Waals surface area contributed by atoms with Gasteiger partial charge in [-0.1, -0.05) is 12.1 Å². The average Bonchev–Trinajstić information content (AvgIpc) is 2.84. The Morgan fingerprint density at radius 3 is 1.97 bits per heavy atom. The molecule has 0 bridgehead atoms. The predicted molar refractivity (Wildman–Crippen MR) is 103 cm³/mol. The van der Waals surface area contributed by atoms with Gasteiger partial charge in [-0.3, -0.25) is 0 Å². The molecule has 162 valence electrons. The first kappa shape index (κ1) is 23.6. The van der Waals surface area contributed by atoms with Crippen molar-refractivity contribution in [2.45, 2.75) is 45.1 Å². The number of carboxylic acids is 1. The summed E-state index contributed by atoms with van der Waals surface area (Å²) in [6.07, 6.45) is -3.91. The number of rotatable bonds is 2. The molecule has 0 amide bonds. The zero-order valence-corrected chi connectivity index (χ0v) is 16.7. The lowest BCUT2D eigenvalue weighted by molar-refractivity contribution is -0.140. The molecule has 30 heavy (non-hydrogen) atoms. The summed E-state index contributed by atoms with van der Waals surface area (Å²) in [7, 11) is -0.446. The number of aromatic carboxylic acids is 1. The highest BCUT2D eigenvalue weighted by atomic mass is 19.4. The van der Waals surface area contributed by atoms with Gasteiger partial charge in [-0.25, -0.2) is 14.2 Å². The molecule has 1 aromatic heterocycles. The van der Waals surface area contributed by atoms with E-state index in [9.17, 15) is 22.4 Å². The summed E-state index contributed by atoms with van der Waals surface area (Å²) >= 11 is 0. The minimum atomic E-state index is -4.72. The van der Waals surface area contributed by atoms with Gasteiger partial charge in [0.15, 0.2) is 11.6 Å². The van der Waals surface area contributed by atoms with Crippen LogP contribution in [0.15, 0.2) is 36.5 Å². The maximum Gasteiger partial charge on any atom is 0.494 e. The molecule has 6 nitrogen and oxygen atoms in total. The van der Waals surface area contributed by atoms with Crippen molar-refractivity contribution in [2.24, 2.45) is 0 Å². The fourth-order valence-electron chi connectivity index (χ4n) is 2.44. The third-order valence-electron chi connectivity index (χ3n) is 4.90. The fraction of sp³-hybridized carbons (Fsp3) is 0.368. The van der Waals surface area contributed by atoms with Gasteiger partial charge in [0.2, 0.25) is 0 Å². The summed E-state index contributed by atoms with van der Waals surface area (Å²) in [5.74, 6) is -3.20. The van der Waals surface area contributed by atoms with Gasteiger partial charge >= 0.3 is 19.3 Å². The first-order chi connectivity index (χ1) is 13.7. The number of anilines is 1. The summed E-state index contributed by atoms with van der Waals surface area (Å²) in [6.45, 7) is 7.94. The Morgan fingerprint density at radius 1 is 1.07 bits per heavy atom. The highest BCUT2D eigenvalue weighted by molar-refractivity contribution is 6.62. The van der Waals surface area contributed by atoms with E-state index < -0.39 is 36.5 Å². The molecule has 0 aliphatic carbocycles. The van der Waals surface area contributed by atoms with E-state index >= 15 is 0 Å². The number of nitrogens with zero attached hydrogens (tertiary/aromatic N) is 1. The third-order valence-corrected chi connectivity index (χ3v) is 4.90. The van der Waals surface area contributed by atoms with Crippen LogP contribution < -0.4 is 11.2 Å². The molecule has 1 saturated heterocycles. The van der Waals surface area contributed by atoms with Gasteiger partial charge in [0.1, 0.15) is 0 Å². The Bertz CT molecular complexity index is 902. The van der Waals surface area contributed by atoms with Crippen molar-refractivity contribution in [1.82, 2.24) is 4.98 Å². The van der Waals surface area contributed by atoms with Gasteiger partial charge in [-0.15, -0.1) is 0 Å². The lowest BCUT2D eigenvalue weighted by Crippen LogP contribution is -2.41. The standard InChI is InChI=1S/C13H17BO4.C6H4F4N2/c1-12(2)13(3,4)18-14(17-12)10-7-5-9(6-8-10)11(15)16;7-4-3(6(8,9)10)1-2-12-5(4)11/h5-8H,1-4H3,(H,15,16);1-2H,(H2,11,12). The second kappa shape index (κ2) is 8.23. The normalized spacial score (nSPS) is 17.3. The van der Waals surface area contributed by atoms with E-state index in [1.807, 2.05) is 27.7 Å². The molecule has 0 atom stereocenters. The van der Waals surface area contributed by atoms with Crippen LogP contribution in [0.25, 0.3) is 0 Å². The monoisotopic (exact) mass is 428 g/mol. The zero-order chi connectivity index (χ0) is 22.9. The number of hydrogen-bond donors (Lipinski definition) is 2. The van der Waals surface area contributed by atoms with Gasteiger partial charge in [-0.05, 0) is 51.4 Å². The summed E-state index contributed by atoms with van der Waals surface area (Å²) in [5, 5.41) is 8.84. The SMILES string of the molecule is CC1(C)OB(c2ccc(C(=O)O)cc2)OC1(C)C.Nc1nccc(C(F)(F)F)c1F. The van der Waals surface area contributed by atoms with Crippen LogP contribution in [0.4, 0.5) is 23.4 Å². The lowest BCUT2D eigenvalue weighted by Gasteiger charge is -2.32. The molecule has 3 rings (SSSR count). The maximum absolute atomic E-state index is 12.6. The van der Waals surface area contributed by atoms with Gasteiger partial charge in [-0.2, -0.15) is 13.2 Å². The highest BCUT2D eigenvalue weighted by Crippen LogP contribution is 2.36. The first-order valence-corrected chi connectivity index (χ1v) is 8.82. The van der Waals surface area contributed by atoms with E-state index in [4.69, 9.17) is 20.1 Å². The molecule has 0 spiro atoms. The Hall–Kier alpha value is -2.66. The van der Waals surface area contributed by atoms with Crippen molar-refractivity contribution >= 4 is 24.4 Å². The number of carbonyl (C=O) groups is 1. The predicted octanol–water partition coefficient (Wildman–Crippen LogP) is 3.51. The van der Waals surface area contributed by atoms with Gasteiger partial charge < -0.3 is 20.1 Å². The second-order valence-corrected chi connectivity index (χ2v) is 7.57. The Labute approximate surface area is 171 Å². The summed E-state index contributed by atoms with van der Waals surface area (Å²) in [6, 6.07) is 7.11. The molecule has 2 aromatic rings. The van der Waals surface area contributed by atoms with Crippen LogP contribution in [0.1, 0.15) is 43.6 Å². The smallest absolute Gasteiger partial charge is 0.478 e. The number of pyridine rings is 1. The van der Waals surface area contributed by atoms with Crippen molar-refractivity contribution in [3.8, 4) is 0 Å². The van der Waals surface area contributed by atoms with Crippen molar-refractivity contribution in [1.29, 1.82) is 0 Å². The number of hydrogen-bond acceptors (Lipinski definition) is 5. The Kier molecular flexibility index (Phi) is 6.48. The molecule has 2 heterocycles. The number of benzene rings is 1. The third kappa shape index (κ3) is 5.09. The molecule has 0 radical (unpaired) electrons. The average molecular weight is 428 g/mol. The quantitative estimate of drug-likeness (QED) is 0.562. The van der Waals surface area contributed by atoms with E-state index in [1.54, 1.807) is 24.3 Å². The van der Waals surface area contributed by atoms with Crippen LogP contribution in [-0.4, -0.2) is 34.4 Å². The van der Waals surface area contributed by atoms with Crippen LogP contribution >= 0.6 is 0 Å². The van der Waals surface area contributed by atoms with E-state index in [2.05, 4.69) is 4.98 Å². The summed E-state index contributed by atoms with van der Waals surface area (Å²) in [5.41, 5.74) is 3.76. The zero-order valence-electron chi connectivity index (χ0n) is 16.7. The van der Waals surface area contributed by atoms with Gasteiger partial charge in [0, 0.05) is 6.20 Å². The van der Waals surface area contributed by atoms with Crippen molar-refractivity contribution in [3.63, 3.8) is 0 Å². The van der Waals surface area contributed by atoms with Gasteiger partial charge in [0.05, 0.1) is 22.3 Å². The van der Waals surface area contributed by atoms with Crippen LogP contribution in [-0.2, 0) is 15.5 Å². The number of nitrogen functional groups attached to an aromatic ring is 1. The topological polar surface area (TPSA) is 94.7 Å². The van der Waals surface area contributed by atoms with Crippen LogP contribution in [0.2, 0.25) is 0 Å². The number of carboxylic acid groups (broad SMARTS) is 1. The fourth-order valence-corrected chi connectivity index (χ4v) is 2.44. The highest BCUT2D eigenvalue weighted by Gasteiger charge is 2.51. The molecular formula is C19H21BF4N2O4. The number of nitrogens with two attached hydrogens (primary N) is 1. The molecule has 1 fully saturated rings. The summed E-state index contributed by atoms with van der Waals surface area (Å²) < 4.78 is 60.1. The molecule has 1 aromatic carbocycles. The van der Waals surface area contributed by atoms with E-state index in [0.29, 0.717) is 6.07 Å². The summed E-state index contributed by atoms with van der Waals surface area (Å²) in [4.78, 5) is 13.9. The van der Waals surface area contributed by atoms with E-state index in [0.717, 1.165) is 11.7 Å². The van der Waals surface area contributed by atoms with Crippen LogP contribution in [0, 0.1) is 5.82 Å². The number of alkyl halides is 3. The molecular weight excluding hydrogens is 407 g/mol. The van der Waals surface area contributed by atoms with Crippen LogP contribution in [0.3, 0.4) is 0 Å². The number of aromatic nitrogens is 1. The van der Waals surface area contributed by atoms with Gasteiger partial charge in [0.25, 0.3) is 0 Å². The van der Waals surface area contributed by atoms with Crippen molar-refractivity contribution < 1.29 is 36.8 Å². The molecule has 0 unspecified atom stereocenters. The number of halogens is 4. The van der Waals surface area contributed by atoms with Crippen LogP contribution in [0.5, 0.6) is 0 Å². The molecule has 3 N–H and O–H groups in total. The van der Waals surface area contributed by atoms with Crippen molar-refractivity contribution in [3.05, 3.63) is 53.5 Å². The molecule has 1 aliphatic heterocycles. The minimum absolute atomic E-state index is 0.260. The Morgan fingerprint density at radius 2 is 1.57 bits per heavy atom. The largest absolute Gasteiger partial charge is 0.494 e. The van der Waals surface area contributed by atoms with E-state index in [1.165, 1.54) is 0 Å². The lowest BCUT2D eigenvalue weighted by atomic mass is 9.79. The maximum atomic E-state index is 12.6. The van der Waals surface area contributed by atoms with E-state index in [-0.39, 0.29) is 16.8 Å². The molecule has 11 heteroatoms. The second-order valence-electron chi connectivity index (χ2n) is 7.57. The Balaban J connectivity index is 0.000000232. The molecule has 1 aliphatic rings. The van der Waals surface area contributed by atoms with Crippen molar-refractivity contribution in [2.75, 3.05) is 5.73 Å². The molecule has 0 saturated carbocycles. The first-order valence-electron chi connectivity index (χ1n) is 8.82. The minimum Gasteiger partial charge on any atom is -0.478 e.